The Balaban J connectivity index is 2.07. The number of halogens is 5. The summed E-state index contributed by atoms with van der Waals surface area (Å²) in [7, 11) is 2.65. The number of methoxy groups -OCH3 is 2. The Hall–Kier alpha value is -2.99. The number of hydrogen-bond donors (Lipinski definition) is 1. The molecule has 2 heterocycles. The van der Waals surface area contributed by atoms with Crippen molar-refractivity contribution in [2.75, 3.05) is 14.2 Å². The standard InChI is InChI=1S/C21H16ClF4N3O4S/c1-32-13-6-4-11(23)16(17(13)33-2)18-10-7-9(22)3-5-12(10)29-19(14(34-18)8-15(30)31)27-28-20(29)21(24,25)26/h3-7,14,18H,8H2,1-2H3,(H,30,31)/t14-,18+/m0/s1. The average Bonchev–Trinajstić information content (AvgIpc) is 3.17. The van der Waals surface area contributed by atoms with E-state index in [0.29, 0.717) is 0 Å². The lowest BCUT2D eigenvalue weighted by atomic mass is 10.00. The first-order valence-electron chi connectivity index (χ1n) is 9.66. The second kappa shape index (κ2) is 8.99. The first-order valence-corrected chi connectivity index (χ1v) is 11.0. The van der Waals surface area contributed by atoms with Crippen molar-refractivity contribution in [1.82, 2.24) is 14.8 Å². The van der Waals surface area contributed by atoms with E-state index in [2.05, 4.69) is 10.2 Å². The fourth-order valence-corrected chi connectivity index (χ4v) is 5.57. The lowest BCUT2D eigenvalue weighted by Crippen LogP contribution is -2.16. The zero-order chi connectivity index (χ0) is 24.8. The van der Waals surface area contributed by atoms with E-state index in [1.54, 1.807) is 0 Å². The van der Waals surface area contributed by atoms with Gasteiger partial charge in [0.05, 0.1) is 42.4 Å². The third-order valence-corrected chi connectivity index (χ3v) is 6.90. The zero-order valence-corrected chi connectivity index (χ0v) is 19.1. The number of carboxylic acids is 1. The summed E-state index contributed by atoms with van der Waals surface area (Å²) in [5.74, 6) is -3.34. The van der Waals surface area contributed by atoms with E-state index >= 15 is 4.39 Å². The van der Waals surface area contributed by atoms with E-state index in [1.165, 1.54) is 38.5 Å². The number of carboxylic acid groups (broad SMARTS) is 1. The Kier molecular flexibility index (Phi) is 6.38. The van der Waals surface area contributed by atoms with Gasteiger partial charge in [0.15, 0.2) is 17.3 Å². The molecule has 0 unspecified atom stereocenters. The highest BCUT2D eigenvalue weighted by Gasteiger charge is 2.44. The first kappa shape index (κ1) is 24.1. The van der Waals surface area contributed by atoms with Crippen LogP contribution in [0.4, 0.5) is 17.6 Å². The van der Waals surface area contributed by atoms with Crippen LogP contribution in [0, 0.1) is 5.82 Å². The largest absolute Gasteiger partial charge is 0.493 e. The van der Waals surface area contributed by atoms with E-state index in [4.69, 9.17) is 21.1 Å². The molecule has 1 aromatic heterocycles. The lowest BCUT2D eigenvalue weighted by molar-refractivity contribution is -0.146. The van der Waals surface area contributed by atoms with E-state index in [-0.39, 0.29) is 39.2 Å². The molecule has 0 fully saturated rings. The highest BCUT2D eigenvalue weighted by atomic mass is 35.5. The minimum atomic E-state index is -4.89. The molecule has 0 saturated carbocycles. The van der Waals surface area contributed by atoms with Gasteiger partial charge in [0.25, 0.3) is 0 Å². The van der Waals surface area contributed by atoms with Gasteiger partial charge in [-0.15, -0.1) is 22.0 Å². The van der Waals surface area contributed by atoms with Crippen LogP contribution in [0.25, 0.3) is 5.69 Å². The van der Waals surface area contributed by atoms with Crippen LogP contribution in [0.15, 0.2) is 30.3 Å². The topological polar surface area (TPSA) is 86.5 Å². The van der Waals surface area contributed by atoms with Gasteiger partial charge >= 0.3 is 12.1 Å². The summed E-state index contributed by atoms with van der Waals surface area (Å²) in [6, 6.07) is 6.60. The summed E-state index contributed by atoms with van der Waals surface area (Å²) in [5, 5.41) is 14.5. The van der Waals surface area contributed by atoms with Crippen molar-refractivity contribution >= 4 is 29.3 Å². The number of benzene rings is 2. The van der Waals surface area contributed by atoms with E-state index in [0.717, 1.165) is 22.4 Å². The summed E-state index contributed by atoms with van der Waals surface area (Å²) in [6.07, 6.45) is -5.48. The van der Waals surface area contributed by atoms with Gasteiger partial charge in [-0.2, -0.15) is 13.2 Å². The van der Waals surface area contributed by atoms with Crippen molar-refractivity contribution in [2.45, 2.75) is 23.1 Å². The van der Waals surface area contributed by atoms with Crippen LogP contribution in [0.2, 0.25) is 5.02 Å². The predicted octanol–water partition coefficient (Wildman–Crippen LogP) is 5.45. The Bertz CT molecular complexity index is 1270. The number of hydrogen-bond acceptors (Lipinski definition) is 6. The third kappa shape index (κ3) is 4.16. The van der Waals surface area contributed by atoms with Gasteiger partial charge in [-0.1, -0.05) is 11.6 Å². The molecule has 0 bridgehead atoms. The van der Waals surface area contributed by atoms with Crippen molar-refractivity contribution in [1.29, 1.82) is 0 Å². The molecule has 13 heteroatoms. The number of thioether (sulfide) groups is 1. The van der Waals surface area contributed by atoms with Crippen molar-refractivity contribution in [3.8, 4) is 17.2 Å². The number of aromatic nitrogens is 3. The van der Waals surface area contributed by atoms with Gasteiger partial charge in [0.2, 0.25) is 5.82 Å². The van der Waals surface area contributed by atoms with Crippen LogP contribution >= 0.6 is 23.4 Å². The molecule has 180 valence electrons. The van der Waals surface area contributed by atoms with Crippen molar-refractivity contribution in [3.05, 3.63) is 63.9 Å². The minimum absolute atomic E-state index is 0.00798. The zero-order valence-electron chi connectivity index (χ0n) is 17.6. The minimum Gasteiger partial charge on any atom is -0.493 e. The normalized spacial score (nSPS) is 17.5. The summed E-state index contributed by atoms with van der Waals surface area (Å²) in [4.78, 5) is 11.6. The molecular formula is C21H16ClF4N3O4S. The van der Waals surface area contributed by atoms with Gasteiger partial charge in [-0.05, 0) is 35.9 Å². The van der Waals surface area contributed by atoms with Crippen molar-refractivity contribution < 1.29 is 36.9 Å². The molecule has 0 spiro atoms. The maximum absolute atomic E-state index is 15.3. The van der Waals surface area contributed by atoms with Crippen LogP contribution in [0.5, 0.6) is 11.5 Å². The van der Waals surface area contributed by atoms with Crippen LogP contribution in [-0.4, -0.2) is 40.1 Å². The van der Waals surface area contributed by atoms with Crippen LogP contribution < -0.4 is 9.47 Å². The lowest BCUT2D eigenvalue weighted by Gasteiger charge is -2.24. The highest BCUT2D eigenvalue weighted by molar-refractivity contribution is 8.00. The molecule has 7 nitrogen and oxygen atoms in total. The summed E-state index contributed by atoms with van der Waals surface area (Å²) in [6.45, 7) is 0. The number of fused-ring (bicyclic) bond motifs is 3. The fourth-order valence-electron chi connectivity index (χ4n) is 3.86. The van der Waals surface area contributed by atoms with Crippen LogP contribution in [-0.2, 0) is 11.0 Å². The van der Waals surface area contributed by atoms with Gasteiger partial charge in [-0.3, -0.25) is 9.36 Å². The van der Waals surface area contributed by atoms with Gasteiger partial charge in [0.1, 0.15) is 5.82 Å². The fraction of sp³-hybridized carbons (Fsp3) is 0.286. The Morgan fingerprint density at radius 2 is 1.94 bits per heavy atom. The van der Waals surface area contributed by atoms with Crippen LogP contribution in [0.1, 0.15) is 39.7 Å². The SMILES string of the molecule is COc1ccc(F)c([C@@H]2S[C@@H](CC(=O)O)c3nnc(C(F)(F)F)n3-c3ccc(Cl)cc32)c1OC. The molecule has 1 N–H and O–H groups in total. The molecule has 4 rings (SSSR count). The first-order chi connectivity index (χ1) is 16.1. The maximum Gasteiger partial charge on any atom is 0.452 e. The molecule has 0 radical (unpaired) electrons. The Labute approximate surface area is 199 Å². The summed E-state index contributed by atoms with van der Waals surface area (Å²) in [5.41, 5.74) is 0.159. The van der Waals surface area contributed by atoms with Gasteiger partial charge in [-0.25, -0.2) is 4.39 Å². The number of aliphatic carboxylic acids is 1. The number of ether oxygens (including phenoxy) is 2. The second-order valence-corrected chi connectivity index (χ2v) is 8.97. The summed E-state index contributed by atoms with van der Waals surface area (Å²) < 4.78 is 68.2. The second-order valence-electron chi connectivity index (χ2n) is 7.22. The number of carbonyl (C=O) groups is 1. The van der Waals surface area contributed by atoms with Gasteiger partial charge < -0.3 is 14.6 Å². The van der Waals surface area contributed by atoms with Crippen molar-refractivity contribution in [3.63, 3.8) is 0 Å². The van der Waals surface area contributed by atoms with Crippen molar-refractivity contribution in [2.24, 2.45) is 0 Å². The van der Waals surface area contributed by atoms with Gasteiger partial charge in [0, 0.05) is 5.02 Å². The molecule has 3 aromatic rings. The molecule has 34 heavy (non-hydrogen) atoms. The van der Waals surface area contributed by atoms with E-state index < -0.39 is 40.7 Å². The van der Waals surface area contributed by atoms with E-state index in [1.807, 2.05) is 0 Å². The smallest absolute Gasteiger partial charge is 0.452 e. The Morgan fingerprint density at radius 1 is 1.21 bits per heavy atom. The number of rotatable bonds is 5. The highest BCUT2D eigenvalue weighted by Crippen LogP contribution is 2.55. The number of nitrogens with zero attached hydrogens (tertiary/aromatic N) is 3. The van der Waals surface area contributed by atoms with E-state index in [9.17, 15) is 23.1 Å². The number of alkyl halides is 3. The average molecular weight is 518 g/mol. The molecule has 0 saturated heterocycles. The monoisotopic (exact) mass is 517 g/mol. The maximum atomic E-state index is 15.3. The molecule has 1 aliphatic rings. The molecule has 0 aliphatic carbocycles. The molecule has 0 amide bonds. The van der Waals surface area contributed by atoms with Crippen LogP contribution in [0.3, 0.4) is 0 Å². The molecule has 2 atom stereocenters. The summed E-state index contributed by atoms with van der Waals surface area (Å²) >= 11 is 7.10. The molecule has 1 aliphatic heterocycles. The molecular weight excluding hydrogens is 502 g/mol. The molecule has 2 aromatic carbocycles. The Morgan fingerprint density at radius 3 is 2.56 bits per heavy atom. The quantitative estimate of drug-likeness (QED) is 0.450. The third-order valence-electron chi connectivity index (χ3n) is 5.20. The predicted molar refractivity (Wildman–Crippen MR) is 115 cm³/mol.